The summed E-state index contributed by atoms with van der Waals surface area (Å²) in [6.45, 7) is 2.42. The Bertz CT molecular complexity index is 410. The lowest BCUT2D eigenvalue weighted by atomic mass is 10.1. The molecular weight excluding hydrogens is 296 g/mol. The molecule has 18 heavy (non-hydrogen) atoms. The number of carbonyl (C=O) groups is 1. The first-order valence-corrected chi connectivity index (χ1v) is 6.85. The highest BCUT2D eigenvalue weighted by Crippen LogP contribution is 2.15. The summed E-state index contributed by atoms with van der Waals surface area (Å²) in [5, 5.41) is 0.937. The molecule has 1 aromatic carbocycles. The second-order valence-electron chi connectivity index (χ2n) is 3.78. The fourth-order valence-corrected chi connectivity index (χ4v) is 1.60. The van der Waals surface area contributed by atoms with Crippen molar-refractivity contribution in [3.63, 3.8) is 0 Å². The van der Waals surface area contributed by atoms with Crippen LogP contribution in [0.15, 0.2) is 29.8 Å². The molecule has 0 N–H and O–H groups in total. The van der Waals surface area contributed by atoms with Gasteiger partial charge in [0.1, 0.15) is 5.75 Å². The van der Waals surface area contributed by atoms with E-state index >= 15 is 0 Å². The Morgan fingerprint density at radius 3 is 2.56 bits per heavy atom. The molecule has 0 aromatic heterocycles. The highest BCUT2D eigenvalue weighted by Gasteiger charge is 2.02. The molecule has 0 atom stereocenters. The van der Waals surface area contributed by atoms with Crippen LogP contribution in [0.4, 0.5) is 0 Å². The molecule has 0 radical (unpaired) electrons. The van der Waals surface area contributed by atoms with Crippen LogP contribution in [0.2, 0.25) is 0 Å². The Hall–Kier alpha value is -1.29. The van der Waals surface area contributed by atoms with Gasteiger partial charge in [-0.3, -0.25) is 0 Å². The van der Waals surface area contributed by atoms with Gasteiger partial charge < -0.3 is 9.47 Å². The molecule has 0 aliphatic heterocycles. The monoisotopic (exact) mass is 312 g/mol. The fourth-order valence-electron chi connectivity index (χ4n) is 1.37. The zero-order chi connectivity index (χ0) is 13.4. The number of halogens is 1. The summed E-state index contributed by atoms with van der Waals surface area (Å²) in [5.74, 6) is 0.525. The fraction of sp³-hybridized carbons (Fsp3) is 0.357. The summed E-state index contributed by atoms with van der Waals surface area (Å²) in [4.78, 5) is 11.2. The number of carbonyl (C=O) groups excluding carboxylic acids is 1. The summed E-state index contributed by atoms with van der Waals surface area (Å²) >= 11 is 3.35. The van der Waals surface area contributed by atoms with Crippen molar-refractivity contribution in [1.82, 2.24) is 0 Å². The highest BCUT2D eigenvalue weighted by atomic mass is 79.9. The minimum atomic E-state index is -0.312. The molecule has 98 valence electrons. The molecule has 0 heterocycles. The Labute approximate surface area is 116 Å². The lowest BCUT2D eigenvalue weighted by molar-refractivity contribution is -0.135. The van der Waals surface area contributed by atoms with Gasteiger partial charge in [0.2, 0.25) is 0 Å². The predicted molar refractivity (Wildman–Crippen MR) is 76.0 cm³/mol. The van der Waals surface area contributed by atoms with E-state index in [0.717, 1.165) is 23.1 Å². The number of hydrogen-bond acceptors (Lipinski definition) is 3. The van der Waals surface area contributed by atoms with Gasteiger partial charge >= 0.3 is 5.97 Å². The molecule has 1 aromatic rings. The summed E-state index contributed by atoms with van der Waals surface area (Å²) in [6, 6.07) is 7.61. The van der Waals surface area contributed by atoms with Crippen molar-refractivity contribution in [2.45, 2.75) is 13.3 Å². The molecule has 0 spiro atoms. The van der Waals surface area contributed by atoms with Crippen molar-refractivity contribution in [3.05, 3.63) is 35.4 Å². The van der Waals surface area contributed by atoms with Crippen LogP contribution < -0.4 is 4.74 Å². The zero-order valence-electron chi connectivity index (χ0n) is 10.6. The third kappa shape index (κ3) is 4.92. The van der Waals surface area contributed by atoms with Gasteiger partial charge in [-0.25, -0.2) is 4.79 Å². The molecule has 4 heteroatoms. The molecular formula is C14H17BrO3. The molecule has 0 amide bonds. The number of hydrogen-bond donors (Lipinski definition) is 0. The smallest absolute Gasteiger partial charge is 0.333 e. The summed E-state index contributed by atoms with van der Waals surface area (Å²) in [7, 11) is 1.38. The van der Waals surface area contributed by atoms with Crippen LogP contribution in [-0.4, -0.2) is 25.0 Å². The normalized spacial score (nSPS) is 11.2. The first-order valence-electron chi connectivity index (χ1n) is 5.73. The van der Waals surface area contributed by atoms with Gasteiger partial charge in [-0.15, -0.1) is 0 Å². The molecule has 0 aliphatic rings. The summed E-state index contributed by atoms with van der Waals surface area (Å²) < 4.78 is 10.2. The van der Waals surface area contributed by atoms with E-state index in [1.807, 2.05) is 24.3 Å². The van der Waals surface area contributed by atoms with Gasteiger partial charge in [-0.2, -0.15) is 0 Å². The van der Waals surface area contributed by atoms with Gasteiger partial charge in [-0.05, 0) is 37.1 Å². The van der Waals surface area contributed by atoms with Crippen LogP contribution >= 0.6 is 15.9 Å². The van der Waals surface area contributed by atoms with E-state index in [9.17, 15) is 4.79 Å². The first-order chi connectivity index (χ1) is 8.67. The Balaban J connectivity index is 2.62. The largest absolute Gasteiger partial charge is 0.494 e. The number of alkyl halides is 1. The average molecular weight is 313 g/mol. The first kappa shape index (κ1) is 14.8. The topological polar surface area (TPSA) is 35.5 Å². The van der Waals surface area contributed by atoms with Gasteiger partial charge in [0.25, 0.3) is 0 Å². The van der Waals surface area contributed by atoms with Crippen LogP contribution in [-0.2, 0) is 9.53 Å². The number of ether oxygens (including phenoxy) is 2. The second kappa shape index (κ2) is 7.93. The van der Waals surface area contributed by atoms with Crippen LogP contribution in [0, 0.1) is 0 Å². The van der Waals surface area contributed by atoms with Crippen molar-refractivity contribution in [1.29, 1.82) is 0 Å². The van der Waals surface area contributed by atoms with Crippen LogP contribution in [0.3, 0.4) is 0 Å². The number of rotatable bonds is 6. The van der Waals surface area contributed by atoms with Crippen molar-refractivity contribution in [2.24, 2.45) is 0 Å². The average Bonchev–Trinajstić information content (AvgIpc) is 2.40. The van der Waals surface area contributed by atoms with E-state index in [1.54, 1.807) is 13.0 Å². The molecule has 0 unspecified atom stereocenters. The summed E-state index contributed by atoms with van der Waals surface area (Å²) in [5.41, 5.74) is 1.52. The van der Waals surface area contributed by atoms with Gasteiger partial charge in [0.15, 0.2) is 0 Å². The van der Waals surface area contributed by atoms with Crippen molar-refractivity contribution < 1.29 is 14.3 Å². The van der Waals surface area contributed by atoms with E-state index in [4.69, 9.17) is 4.74 Å². The lowest BCUT2D eigenvalue weighted by Gasteiger charge is -2.05. The maximum atomic E-state index is 11.2. The van der Waals surface area contributed by atoms with Gasteiger partial charge in [0.05, 0.1) is 13.7 Å². The number of benzene rings is 1. The van der Waals surface area contributed by atoms with E-state index in [-0.39, 0.29) is 5.97 Å². The van der Waals surface area contributed by atoms with Gasteiger partial charge in [0, 0.05) is 10.9 Å². The number of methoxy groups -OCH3 is 1. The molecule has 0 aliphatic carbocycles. The van der Waals surface area contributed by atoms with Crippen molar-refractivity contribution in [2.75, 3.05) is 19.0 Å². The van der Waals surface area contributed by atoms with Crippen LogP contribution in [0.25, 0.3) is 6.08 Å². The number of esters is 1. The lowest BCUT2D eigenvalue weighted by Crippen LogP contribution is -2.01. The maximum Gasteiger partial charge on any atom is 0.333 e. The van der Waals surface area contributed by atoms with Gasteiger partial charge in [-0.1, -0.05) is 28.1 Å². The van der Waals surface area contributed by atoms with Crippen LogP contribution in [0.1, 0.15) is 18.9 Å². The third-order valence-corrected chi connectivity index (χ3v) is 2.88. The molecule has 0 bridgehead atoms. The Morgan fingerprint density at radius 2 is 2.00 bits per heavy atom. The molecule has 0 saturated heterocycles. The molecule has 0 fully saturated rings. The second-order valence-corrected chi connectivity index (χ2v) is 4.57. The summed E-state index contributed by atoms with van der Waals surface area (Å²) in [6.07, 6.45) is 2.76. The van der Waals surface area contributed by atoms with Crippen molar-refractivity contribution in [3.8, 4) is 5.75 Å². The third-order valence-electron chi connectivity index (χ3n) is 2.32. The zero-order valence-corrected chi connectivity index (χ0v) is 12.2. The molecule has 3 nitrogen and oxygen atoms in total. The van der Waals surface area contributed by atoms with E-state index in [1.165, 1.54) is 7.11 Å². The van der Waals surface area contributed by atoms with E-state index in [2.05, 4.69) is 20.7 Å². The maximum absolute atomic E-state index is 11.2. The minimum Gasteiger partial charge on any atom is -0.494 e. The van der Waals surface area contributed by atoms with Crippen molar-refractivity contribution >= 4 is 28.0 Å². The van der Waals surface area contributed by atoms with Crippen LogP contribution in [0.5, 0.6) is 5.75 Å². The standard InChI is InChI=1S/C14H17BrO3/c1-11(14(16)17-2)10-12-4-6-13(7-5-12)18-9-3-8-15/h4-7,10H,3,8-9H2,1-2H3/b11-10+. The quantitative estimate of drug-likeness (QED) is 0.349. The van der Waals surface area contributed by atoms with E-state index in [0.29, 0.717) is 12.2 Å². The van der Waals surface area contributed by atoms with E-state index < -0.39 is 0 Å². The predicted octanol–water partition coefficient (Wildman–Crippen LogP) is 3.43. The SMILES string of the molecule is COC(=O)/C(C)=C/c1ccc(OCCCBr)cc1. The highest BCUT2D eigenvalue weighted by molar-refractivity contribution is 9.09. The molecule has 0 saturated carbocycles. The Morgan fingerprint density at radius 1 is 1.33 bits per heavy atom. The Kier molecular flexibility index (Phi) is 6.50. The molecule has 1 rings (SSSR count). The minimum absolute atomic E-state index is 0.312.